The molecule has 0 amide bonds. The van der Waals surface area contributed by atoms with Gasteiger partial charge in [0.25, 0.3) is 0 Å². The van der Waals surface area contributed by atoms with Gasteiger partial charge in [0.05, 0.1) is 17.6 Å². The van der Waals surface area contributed by atoms with Crippen LogP contribution in [-0.4, -0.2) is 12.2 Å². The van der Waals surface area contributed by atoms with E-state index in [0.717, 1.165) is 0 Å². The van der Waals surface area contributed by atoms with E-state index in [9.17, 15) is 4.79 Å². The Balaban J connectivity index is 2.09. The van der Waals surface area contributed by atoms with Crippen molar-refractivity contribution in [3.05, 3.63) is 46.3 Å². The molecule has 1 aromatic heterocycles. The van der Waals surface area contributed by atoms with E-state index in [1.165, 1.54) is 0 Å². The zero-order valence-corrected chi connectivity index (χ0v) is 9.84. The molecule has 1 aromatic carbocycles. The fraction of sp³-hybridized carbons (Fsp3) is 0.357. The third kappa shape index (κ3) is 1.76. The van der Waals surface area contributed by atoms with Gasteiger partial charge < -0.3 is 9.15 Å². The Kier molecular flexibility index (Phi) is 2.30. The van der Waals surface area contributed by atoms with Gasteiger partial charge in [0, 0.05) is 12.0 Å². The molecule has 17 heavy (non-hydrogen) atoms. The van der Waals surface area contributed by atoms with E-state index in [-0.39, 0.29) is 23.6 Å². The lowest BCUT2D eigenvalue weighted by Crippen LogP contribution is -2.09. The molecule has 3 rings (SSSR count). The van der Waals surface area contributed by atoms with E-state index in [1.54, 1.807) is 12.1 Å². The number of fused-ring (bicyclic) bond motifs is 1. The van der Waals surface area contributed by atoms with Gasteiger partial charge in [-0.25, -0.2) is 0 Å². The number of ether oxygens (including phenoxy) is 1. The SMILES string of the molecule is CC1OC1C(C)c1cc(=O)c2ccccc2o1. The second-order valence-electron chi connectivity index (χ2n) is 4.60. The number of hydrogen-bond donors (Lipinski definition) is 0. The summed E-state index contributed by atoms with van der Waals surface area (Å²) in [5.41, 5.74) is 0.664. The fourth-order valence-corrected chi connectivity index (χ4v) is 2.24. The zero-order chi connectivity index (χ0) is 12.0. The van der Waals surface area contributed by atoms with E-state index >= 15 is 0 Å². The van der Waals surface area contributed by atoms with Crippen molar-refractivity contribution in [2.75, 3.05) is 0 Å². The molecule has 88 valence electrons. The van der Waals surface area contributed by atoms with Gasteiger partial charge in [-0.05, 0) is 19.1 Å². The number of hydrogen-bond acceptors (Lipinski definition) is 3. The molecule has 0 saturated carbocycles. The van der Waals surface area contributed by atoms with Gasteiger partial charge in [-0.1, -0.05) is 19.1 Å². The maximum Gasteiger partial charge on any atom is 0.192 e. The van der Waals surface area contributed by atoms with Crippen LogP contribution in [0.1, 0.15) is 25.5 Å². The van der Waals surface area contributed by atoms with Gasteiger partial charge in [0.2, 0.25) is 0 Å². The molecule has 3 atom stereocenters. The number of rotatable bonds is 2. The van der Waals surface area contributed by atoms with Gasteiger partial charge in [0.1, 0.15) is 11.3 Å². The molecule has 2 heterocycles. The van der Waals surface area contributed by atoms with Gasteiger partial charge in [-0.15, -0.1) is 0 Å². The quantitative estimate of drug-likeness (QED) is 0.745. The highest BCUT2D eigenvalue weighted by Crippen LogP contribution is 2.35. The summed E-state index contributed by atoms with van der Waals surface area (Å²) >= 11 is 0. The summed E-state index contributed by atoms with van der Waals surface area (Å²) in [4.78, 5) is 11.9. The lowest BCUT2D eigenvalue weighted by atomic mass is 10.0. The third-order valence-electron chi connectivity index (χ3n) is 3.35. The van der Waals surface area contributed by atoms with Gasteiger partial charge >= 0.3 is 0 Å². The summed E-state index contributed by atoms with van der Waals surface area (Å²) in [6.07, 6.45) is 0.445. The Morgan fingerprint density at radius 2 is 2.00 bits per heavy atom. The highest BCUT2D eigenvalue weighted by atomic mass is 16.6. The molecule has 1 aliphatic rings. The molecule has 0 aliphatic carbocycles. The summed E-state index contributed by atoms with van der Waals surface area (Å²) in [5.74, 6) is 0.838. The van der Waals surface area contributed by atoms with Crippen molar-refractivity contribution in [1.29, 1.82) is 0 Å². The molecule has 1 saturated heterocycles. The Labute approximate surface area is 99.0 Å². The molecule has 3 heteroatoms. The molecule has 3 nitrogen and oxygen atoms in total. The van der Waals surface area contributed by atoms with Gasteiger partial charge in [0.15, 0.2) is 5.43 Å². The van der Waals surface area contributed by atoms with Crippen molar-refractivity contribution in [3.8, 4) is 0 Å². The van der Waals surface area contributed by atoms with Crippen molar-refractivity contribution >= 4 is 11.0 Å². The summed E-state index contributed by atoms with van der Waals surface area (Å²) in [5, 5.41) is 0.633. The molecule has 1 fully saturated rings. The molecule has 1 aliphatic heterocycles. The number of epoxide rings is 1. The fourth-order valence-electron chi connectivity index (χ4n) is 2.24. The van der Waals surface area contributed by atoms with E-state index in [4.69, 9.17) is 9.15 Å². The second-order valence-corrected chi connectivity index (χ2v) is 4.60. The lowest BCUT2D eigenvalue weighted by Gasteiger charge is -2.08. The summed E-state index contributed by atoms with van der Waals surface area (Å²) < 4.78 is 11.2. The molecular formula is C14H14O3. The summed E-state index contributed by atoms with van der Waals surface area (Å²) in [7, 11) is 0. The molecule has 0 N–H and O–H groups in total. The average molecular weight is 230 g/mol. The minimum Gasteiger partial charge on any atom is -0.460 e. The highest BCUT2D eigenvalue weighted by molar-refractivity contribution is 5.76. The van der Waals surface area contributed by atoms with Crippen LogP contribution in [0, 0.1) is 0 Å². The van der Waals surface area contributed by atoms with Crippen LogP contribution in [0.4, 0.5) is 0 Å². The van der Waals surface area contributed by atoms with Crippen LogP contribution in [0.3, 0.4) is 0 Å². The Morgan fingerprint density at radius 1 is 1.29 bits per heavy atom. The first-order chi connectivity index (χ1) is 8.16. The van der Waals surface area contributed by atoms with Crippen molar-refractivity contribution < 1.29 is 9.15 Å². The lowest BCUT2D eigenvalue weighted by molar-refractivity contribution is 0.342. The van der Waals surface area contributed by atoms with Crippen molar-refractivity contribution in [3.63, 3.8) is 0 Å². The van der Waals surface area contributed by atoms with Gasteiger partial charge in [-0.2, -0.15) is 0 Å². The van der Waals surface area contributed by atoms with Gasteiger partial charge in [-0.3, -0.25) is 4.79 Å². The molecule has 0 radical (unpaired) electrons. The van der Waals surface area contributed by atoms with Crippen molar-refractivity contribution in [2.24, 2.45) is 0 Å². The number of benzene rings is 1. The monoisotopic (exact) mass is 230 g/mol. The van der Waals surface area contributed by atoms with Crippen LogP contribution in [0.15, 0.2) is 39.5 Å². The maximum atomic E-state index is 11.9. The molecule has 3 unspecified atom stereocenters. The van der Waals surface area contributed by atoms with E-state index < -0.39 is 0 Å². The van der Waals surface area contributed by atoms with Crippen LogP contribution in [-0.2, 0) is 4.74 Å². The first-order valence-corrected chi connectivity index (χ1v) is 5.85. The van der Waals surface area contributed by atoms with Crippen molar-refractivity contribution in [1.82, 2.24) is 0 Å². The number of para-hydroxylation sites is 1. The van der Waals surface area contributed by atoms with Crippen LogP contribution in [0.5, 0.6) is 0 Å². The van der Waals surface area contributed by atoms with Crippen molar-refractivity contribution in [2.45, 2.75) is 32.0 Å². The maximum absolute atomic E-state index is 11.9. The summed E-state index contributed by atoms with van der Waals surface area (Å²) in [6, 6.07) is 8.90. The standard InChI is InChI=1S/C14H14O3/c1-8(14-9(2)16-14)13-7-11(15)10-5-3-4-6-12(10)17-13/h3-9,14H,1-2H3. The minimum atomic E-state index is 0.0157. The minimum absolute atomic E-state index is 0.0157. The summed E-state index contributed by atoms with van der Waals surface area (Å²) in [6.45, 7) is 4.06. The second kappa shape index (κ2) is 3.70. The first kappa shape index (κ1) is 10.5. The van der Waals surface area contributed by atoms with E-state index in [1.807, 2.05) is 32.0 Å². The predicted octanol–water partition coefficient (Wildman–Crippen LogP) is 2.68. The van der Waals surface area contributed by atoms with Crippen LogP contribution >= 0.6 is 0 Å². The van der Waals surface area contributed by atoms with Crippen LogP contribution in [0.2, 0.25) is 0 Å². The highest BCUT2D eigenvalue weighted by Gasteiger charge is 2.40. The van der Waals surface area contributed by atoms with E-state index in [2.05, 4.69) is 0 Å². The average Bonchev–Trinajstić information content (AvgIpc) is 3.05. The Bertz CT molecular complexity index is 614. The predicted molar refractivity (Wildman–Crippen MR) is 65.2 cm³/mol. The zero-order valence-electron chi connectivity index (χ0n) is 9.84. The van der Waals surface area contributed by atoms with Crippen LogP contribution in [0.25, 0.3) is 11.0 Å². The molecule has 2 aromatic rings. The third-order valence-corrected chi connectivity index (χ3v) is 3.35. The normalized spacial score (nSPS) is 24.8. The van der Waals surface area contributed by atoms with E-state index in [0.29, 0.717) is 16.7 Å². The molecule has 0 bridgehead atoms. The largest absolute Gasteiger partial charge is 0.460 e. The molecule has 0 spiro atoms. The first-order valence-electron chi connectivity index (χ1n) is 5.85. The Hall–Kier alpha value is -1.61. The smallest absolute Gasteiger partial charge is 0.192 e. The topological polar surface area (TPSA) is 42.7 Å². The van der Waals surface area contributed by atoms with Crippen LogP contribution < -0.4 is 5.43 Å². The molecular weight excluding hydrogens is 216 g/mol. The Morgan fingerprint density at radius 3 is 2.71 bits per heavy atom.